The molecule has 1 unspecified atom stereocenters. The smallest absolute Gasteiger partial charge is 0.251 e. The van der Waals surface area contributed by atoms with Crippen LogP contribution in [0.2, 0.25) is 0 Å². The molecular formula is C26H27FN6O4. The van der Waals surface area contributed by atoms with Crippen LogP contribution >= 0.6 is 0 Å². The summed E-state index contributed by atoms with van der Waals surface area (Å²) in [6.45, 7) is 3.23. The molecule has 1 N–H and O–H groups in total. The fourth-order valence-electron chi connectivity index (χ4n) is 4.52. The van der Waals surface area contributed by atoms with E-state index in [1.807, 2.05) is 0 Å². The quantitative estimate of drug-likeness (QED) is 0.382. The molecule has 1 fully saturated rings. The van der Waals surface area contributed by atoms with Gasteiger partial charge < -0.3 is 14.2 Å². The second-order valence-corrected chi connectivity index (χ2v) is 9.13. The summed E-state index contributed by atoms with van der Waals surface area (Å²) in [5.41, 5.74) is 0.328. The molecule has 0 saturated heterocycles. The second-order valence-electron chi connectivity index (χ2n) is 9.13. The molecule has 2 amide bonds. The van der Waals surface area contributed by atoms with Gasteiger partial charge in [-0.25, -0.2) is 4.39 Å². The fraction of sp³-hybridized carbons (Fsp3) is 0.346. The largest absolute Gasteiger partial charge is 0.464 e. The SMILES string of the molecule is Cc1ccc(-c2nnn(CC(=O)N(c3ccc(F)cc3)C(C(=O)NC3CCCC3)c3ccc(C)o3)n2)o1. The van der Waals surface area contributed by atoms with Gasteiger partial charge in [0.15, 0.2) is 11.8 Å². The molecule has 1 aromatic carbocycles. The van der Waals surface area contributed by atoms with Gasteiger partial charge in [0.05, 0.1) is 0 Å². The Kier molecular flexibility index (Phi) is 6.85. The van der Waals surface area contributed by atoms with E-state index < -0.39 is 17.8 Å². The van der Waals surface area contributed by atoms with Crippen molar-refractivity contribution in [3.8, 4) is 11.6 Å². The normalized spacial score (nSPS) is 14.6. The minimum atomic E-state index is -1.12. The Bertz CT molecular complexity index is 1390. The molecule has 37 heavy (non-hydrogen) atoms. The number of nitrogens with one attached hydrogen (secondary N) is 1. The van der Waals surface area contributed by atoms with Crippen LogP contribution in [-0.4, -0.2) is 38.1 Å². The molecule has 1 aliphatic carbocycles. The molecule has 192 valence electrons. The molecule has 11 heteroatoms. The van der Waals surface area contributed by atoms with Crippen LogP contribution in [0.1, 0.15) is 49.0 Å². The van der Waals surface area contributed by atoms with Crippen LogP contribution in [0.4, 0.5) is 10.1 Å². The Morgan fingerprint density at radius 2 is 1.76 bits per heavy atom. The first-order chi connectivity index (χ1) is 17.9. The Morgan fingerprint density at radius 3 is 2.41 bits per heavy atom. The van der Waals surface area contributed by atoms with Crippen LogP contribution in [-0.2, 0) is 16.1 Å². The van der Waals surface area contributed by atoms with Gasteiger partial charge in [-0.2, -0.15) is 4.80 Å². The predicted molar refractivity (Wildman–Crippen MR) is 131 cm³/mol. The first-order valence-corrected chi connectivity index (χ1v) is 12.2. The molecule has 1 aliphatic rings. The number of aromatic nitrogens is 4. The monoisotopic (exact) mass is 506 g/mol. The minimum Gasteiger partial charge on any atom is -0.464 e. The number of carbonyl (C=O) groups is 2. The summed E-state index contributed by atoms with van der Waals surface area (Å²) in [4.78, 5) is 29.8. The van der Waals surface area contributed by atoms with Gasteiger partial charge in [-0.15, -0.1) is 10.2 Å². The van der Waals surface area contributed by atoms with Crippen molar-refractivity contribution in [1.82, 2.24) is 25.5 Å². The summed E-state index contributed by atoms with van der Waals surface area (Å²) in [5, 5.41) is 15.3. The van der Waals surface area contributed by atoms with Crippen molar-refractivity contribution in [2.45, 2.75) is 58.2 Å². The van der Waals surface area contributed by atoms with Crippen molar-refractivity contribution in [1.29, 1.82) is 0 Å². The standard InChI is InChI=1S/C26H27FN6O4/c1-16-7-13-21(36-16)24(26(35)28-19-5-3-4-6-19)33(20-11-9-18(27)10-12-20)23(34)15-32-30-25(29-31-32)22-14-8-17(2)37-22/h7-14,19,24H,3-6,15H2,1-2H3,(H,28,35). The van der Waals surface area contributed by atoms with Crippen molar-refractivity contribution in [2.24, 2.45) is 0 Å². The molecule has 4 aromatic rings. The first-order valence-electron chi connectivity index (χ1n) is 12.2. The summed E-state index contributed by atoms with van der Waals surface area (Å²) >= 11 is 0. The molecule has 3 aromatic heterocycles. The maximum absolute atomic E-state index is 13.8. The lowest BCUT2D eigenvalue weighted by atomic mass is 10.1. The third kappa shape index (κ3) is 5.45. The average molecular weight is 507 g/mol. The van der Waals surface area contributed by atoms with E-state index >= 15 is 0 Å². The molecule has 1 atom stereocenters. The van der Waals surface area contributed by atoms with E-state index in [9.17, 15) is 14.0 Å². The highest BCUT2D eigenvalue weighted by atomic mass is 19.1. The lowest BCUT2D eigenvalue weighted by Gasteiger charge is -2.30. The highest BCUT2D eigenvalue weighted by Gasteiger charge is 2.36. The molecule has 3 heterocycles. The highest BCUT2D eigenvalue weighted by molar-refractivity contribution is 6.01. The van der Waals surface area contributed by atoms with Crippen LogP contribution < -0.4 is 10.2 Å². The van der Waals surface area contributed by atoms with Crippen LogP contribution in [0.15, 0.2) is 57.4 Å². The number of hydrogen-bond acceptors (Lipinski definition) is 7. The molecule has 0 radical (unpaired) electrons. The van der Waals surface area contributed by atoms with Gasteiger partial charge in [-0.05, 0) is 80.4 Å². The lowest BCUT2D eigenvalue weighted by molar-refractivity contribution is -0.128. The first kappa shape index (κ1) is 24.4. The molecule has 0 spiro atoms. The van der Waals surface area contributed by atoms with Gasteiger partial charge >= 0.3 is 0 Å². The summed E-state index contributed by atoms with van der Waals surface area (Å²) in [6, 6.07) is 11.2. The Morgan fingerprint density at radius 1 is 1.05 bits per heavy atom. The Labute approximate surface area is 212 Å². The van der Waals surface area contributed by atoms with E-state index in [0.29, 0.717) is 28.7 Å². The zero-order chi connectivity index (χ0) is 25.9. The number of aryl methyl sites for hydroxylation is 2. The van der Waals surface area contributed by atoms with Crippen LogP contribution in [0.3, 0.4) is 0 Å². The lowest BCUT2D eigenvalue weighted by Crippen LogP contribution is -2.47. The van der Waals surface area contributed by atoms with Crippen molar-refractivity contribution in [2.75, 3.05) is 4.90 Å². The number of rotatable bonds is 8. The zero-order valence-corrected chi connectivity index (χ0v) is 20.6. The van der Waals surface area contributed by atoms with E-state index in [1.165, 1.54) is 29.2 Å². The molecule has 10 nitrogen and oxygen atoms in total. The van der Waals surface area contributed by atoms with Gasteiger partial charge in [-0.3, -0.25) is 14.5 Å². The average Bonchev–Trinajstić information content (AvgIpc) is 3.67. The second kappa shape index (κ2) is 10.4. The number of tetrazole rings is 1. The van der Waals surface area contributed by atoms with Gasteiger partial charge in [0.1, 0.15) is 29.6 Å². The van der Waals surface area contributed by atoms with Gasteiger partial charge in [0.25, 0.3) is 11.8 Å². The van der Waals surface area contributed by atoms with Gasteiger partial charge in [-0.1, -0.05) is 12.8 Å². The Hall–Kier alpha value is -4.28. The number of benzene rings is 1. The van der Waals surface area contributed by atoms with E-state index in [0.717, 1.165) is 30.5 Å². The molecule has 0 aliphatic heterocycles. The van der Waals surface area contributed by atoms with Gasteiger partial charge in [0.2, 0.25) is 5.82 Å². The number of nitrogens with zero attached hydrogens (tertiary/aromatic N) is 5. The zero-order valence-electron chi connectivity index (χ0n) is 20.6. The van der Waals surface area contributed by atoms with E-state index in [1.54, 1.807) is 38.1 Å². The predicted octanol–water partition coefficient (Wildman–Crippen LogP) is 4.12. The number of hydrogen-bond donors (Lipinski definition) is 1. The molecular weight excluding hydrogens is 479 g/mol. The van der Waals surface area contributed by atoms with E-state index in [4.69, 9.17) is 8.83 Å². The third-order valence-corrected chi connectivity index (χ3v) is 6.30. The minimum absolute atomic E-state index is 0.0209. The molecule has 5 rings (SSSR count). The summed E-state index contributed by atoms with van der Waals surface area (Å²) in [6.07, 6.45) is 3.81. The topological polar surface area (TPSA) is 119 Å². The molecule has 1 saturated carbocycles. The van der Waals surface area contributed by atoms with Crippen molar-refractivity contribution < 1.29 is 22.8 Å². The fourth-order valence-corrected chi connectivity index (χ4v) is 4.52. The molecule has 0 bridgehead atoms. The maximum atomic E-state index is 13.8. The number of amides is 2. The third-order valence-electron chi connectivity index (χ3n) is 6.30. The van der Waals surface area contributed by atoms with E-state index in [-0.39, 0.29) is 24.3 Å². The number of furan rings is 2. The highest BCUT2D eigenvalue weighted by Crippen LogP contribution is 2.31. The van der Waals surface area contributed by atoms with Crippen LogP contribution in [0, 0.1) is 19.7 Å². The van der Waals surface area contributed by atoms with Crippen molar-refractivity contribution in [3.05, 3.63) is 71.6 Å². The maximum Gasteiger partial charge on any atom is 0.251 e. The number of halogens is 1. The van der Waals surface area contributed by atoms with E-state index in [2.05, 4.69) is 20.7 Å². The van der Waals surface area contributed by atoms with Crippen LogP contribution in [0.5, 0.6) is 0 Å². The Balaban J connectivity index is 1.49. The summed E-state index contributed by atoms with van der Waals surface area (Å²) < 4.78 is 25.1. The van der Waals surface area contributed by atoms with Crippen molar-refractivity contribution in [3.63, 3.8) is 0 Å². The summed E-state index contributed by atoms with van der Waals surface area (Å²) in [5.74, 6) is 0.880. The van der Waals surface area contributed by atoms with Gasteiger partial charge in [0, 0.05) is 11.7 Å². The summed E-state index contributed by atoms with van der Waals surface area (Å²) in [7, 11) is 0. The van der Waals surface area contributed by atoms with Crippen molar-refractivity contribution >= 4 is 17.5 Å². The van der Waals surface area contributed by atoms with Crippen LogP contribution in [0.25, 0.3) is 11.6 Å². The number of anilines is 1. The number of carbonyl (C=O) groups excluding carboxylic acids is 2.